The number of rotatable bonds is 6. The Hall–Kier alpha value is -1.45. The largest absolute Gasteiger partial charge is 0.458 e. The van der Waals surface area contributed by atoms with Crippen LogP contribution >= 0.6 is 18.8 Å². The number of esters is 1. The average Bonchev–Trinajstić information content (AvgIpc) is 2.61. The minimum absolute atomic E-state index is 0.326. The molecule has 2 aromatic rings. The van der Waals surface area contributed by atoms with E-state index in [0.717, 1.165) is 0 Å². The normalized spacial score (nSPS) is 14.2. The van der Waals surface area contributed by atoms with E-state index in [1.54, 1.807) is 6.92 Å². The van der Waals surface area contributed by atoms with Crippen LogP contribution in [-0.4, -0.2) is 27.7 Å². The van der Waals surface area contributed by atoms with Crippen molar-refractivity contribution in [1.29, 1.82) is 0 Å². The third-order valence-electron chi connectivity index (χ3n) is 4.24. The molecule has 1 N–H and O–H groups in total. The molecule has 0 aliphatic heterocycles. The molecule has 2 unspecified atom stereocenters. The molecule has 8 heteroatoms. The summed E-state index contributed by atoms with van der Waals surface area (Å²) in [6, 6.07) is 9.85. The molecule has 2 rings (SSSR count). The SMILES string of the molecule is C[C@@H](C(=O)O[C@H](C)C(O)(c1ccc(F)cc1)c1ccc(F)cc1)N(P)P. The van der Waals surface area contributed by atoms with Gasteiger partial charge in [0.1, 0.15) is 23.8 Å². The molecule has 0 fully saturated rings. The van der Waals surface area contributed by atoms with Crippen LogP contribution in [0, 0.1) is 11.6 Å². The molecule has 0 bridgehead atoms. The number of benzene rings is 2. The number of hydrogen-bond acceptors (Lipinski definition) is 4. The summed E-state index contributed by atoms with van der Waals surface area (Å²) in [5, 5.41) is 11.4. The zero-order valence-corrected chi connectivity index (χ0v) is 16.7. The summed E-state index contributed by atoms with van der Waals surface area (Å²) < 4.78 is 33.6. The van der Waals surface area contributed by atoms with E-state index < -0.39 is 35.4 Å². The van der Waals surface area contributed by atoms with Gasteiger partial charge in [-0.2, -0.15) is 0 Å². The van der Waals surface area contributed by atoms with Gasteiger partial charge < -0.3 is 9.84 Å². The molecule has 0 aliphatic carbocycles. The van der Waals surface area contributed by atoms with Crippen LogP contribution in [0.1, 0.15) is 25.0 Å². The quantitative estimate of drug-likeness (QED) is 0.598. The summed E-state index contributed by atoms with van der Waals surface area (Å²) in [4.78, 5) is 12.3. The maximum atomic E-state index is 13.3. The van der Waals surface area contributed by atoms with Crippen molar-refractivity contribution < 1.29 is 23.4 Å². The Labute approximate surface area is 156 Å². The smallest absolute Gasteiger partial charge is 0.324 e. The van der Waals surface area contributed by atoms with Crippen LogP contribution in [0.15, 0.2) is 48.5 Å². The van der Waals surface area contributed by atoms with E-state index in [1.165, 1.54) is 59.9 Å². The van der Waals surface area contributed by atoms with Crippen molar-refractivity contribution >= 4 is 24.8 Å². The van der Waals surface area contributed by atoms with Crippen molar-refractivity contribution in [2.45, 2.75) is 31.6 Å². The molecule has 140 valence electrons. The maximum Gasteiger partial charge on any atom is 0.324 e. The predicted molar refractivity (Wildman–Crippen MR) is 102 cm³/mol. The molecule has 26 heavy (non-hydrogen) atoms. The second-order valence-electron chi connectivity index (χ2n) is 5.98. The second kappa shape index (κ2) is 8.49. The Kier molecular flexibility index (Phi) is 6.81. The summed E-state index contributed by atoms with van der Waals surface area (Å²) in [6.07, 6.45) is -1.01. The first-order chi connectivity index (χ1) is 12.2. The fourth-order valence-corrected chi connectivity index (χ4v) is 2.77. The predicted octanol–water partition coefficient (Wildman–Crippen LogP) is 3.40. The Morgan fingerprint density at radius 2 is 1.38 bits per heavy atom. The molecule has 0 radical (unpaired) electrons. The van der Waals surface area contributed by atoms with Gasteiger partial charge in [-0.1, -0.05) is 43.0 Å². The second-order valence-corrected chi connectivity index (χ2v) is 7.77. The Balaban J connectivity index is 2.44. The van der Waals surface area contributed by atoms with Gasteiger partial charge in [-0.15, -0.1) is 0 Å². The Bertz CT molecular complexity index is 709. The van der Waals surface area contributed by atoms with Gasteiger partial charge in [0.2, 0.25) is 0 Å². The lowest BCUT2D eigenvalue weighted by Crippen LogP contribution is -2.44. The van der Waals surface area contributed by atoms with E-state index in [1.807, 2.05) is 0 Å². The molecule has 0 spiro atoms. The van der Waals surface area contributed by atoms with E-state index in [4.69, 9.17) is 4.74 Å². The zero-order chi connectivity index (χ0) is 19.5. The molecule has 0 heterocycles. The number of carbonyl (C=O) groups excluding carboxylic acids is 1. The van der Waals surface area contributed by atoms with Gasteiger partial charge in [0, 0.05) is 0 Å². The molecule has 0 amide bonds. The standard InChI is InChI=1S/C18H21F2NO3P2/c1-11(21(25)26)17(22)24-12(2)18(23,13-3-7-15(19)8-4-13)14-5-9-16(20)10-6-14/h3-12,23H,25-26H2,1-2H3/t11-,12+/m0/s1. The first-order valence-electron chi connectivity index (χ1n) is 7.89. The van der Waals surface area contributed by atoms with Crippen LogP contribution in [0.3, 0.4) is 0 Å². The van der Waals surface area contributed by atoms with E-state index in [0.29, 0.717) is 11.1 Å². The molecule has 0 saturated carbocycles. The number of ether oxygens (including phenoxy) is 1. The highest BCUT2D eigenvalue weighted by Crippen LogP contribution is 2.35. The van der Waals surface area contributed by atoms with Crippen molar-refractivity contribution in [3.63, 3.8) is 0 Å². The average molecular weight is 399 g/mol. The van der Waals surface area contributed by atoms with Gasteiger partial charge in [0.15, 0.2) is 5.60 Å². The highest BCUT2D eigenvalue weighted by atomic mass is 31.1. The lowest BCUT2D eigenvalue weighted by Gasteiger charge is -2.35. The van der Waals surface area contributed by atoms with Crippen molar-refractivity contribution in [1.82, 2.24) is 4.44 Å². The number of halogens is 2. The van der Waals surface area contributed by atoms with Crippen LogP contribution in [-0.2, 0) is 15.1 Å². The topological polar surface area (TPSA) is 49.8 Å². The lowest BCUT2D eigenvalue weighted by molar-refractivity contribution is -0.162. The summed E-state index contributed by atoms with van der Waals surface area (Å²) in [6.45, 7) is 3.18. The summed E-state index contributed by atoms with van der Waals surface area (Å²) in [5.41, 5.74) is -1.12. The van der Waals surface area contributed by atoms with Crippen LogP contribution in [0.25, 0.3) is 0 Å². The molecule has 0 aromatic heterocycles. The van der Waals surface area contributed by atoms with Crippen LogP contribution in [0.2, 0.25) is 0 Å². The highest BCUT2D eigenvalue weighted by Gasteiger charge is 2.41. The summed E-state index contributed by atoms with van der Waals surface area (Å²) >= 11 is 0. The Morgan fingerprint density at radius 3 is 1.73 bits per heavy atom. The number of hydrogen-bond donors (Lipinski definition) is 1. The fraction of sp³-hybridized carbons (Fsp3) is 0.278. The molecule has 4 atom stereocenters. The van der Waals surface area contributed by atoms with E-state index >= 15 is 0 Å². The van der Waals surface area contributed by atoms with Crippen molar-refractivity contribution in [2.75, 3.05) is 0 Å². The molecular weight excluding hydrogens is 378 g/mol. The van der Waals surface area contributed by atoms with Crippen LogP contribution < -0.4 is 0 Å². The molecule has 0 aliphatic rings. The lowest BCUT2D eigenvalue weighted by atomic mass is 9.82. The maximum absolute atomic E-state index is 13.3. The van der Waals surface area contributed by atoms with Gasteiger partial charge in [0.25, 0.3) is 0 Å². The first-order valence-corrected chi connectivity index (χ1v) is 8.93. The van der Waals surface area contributed by atoms with E-state index in [9.17, 15) is 18.7 Å². The van der Waals surface area contributed by atoms with Gasteiger partial charge in [0.05, 0.1) is 0 Å². The number of aliphatic hydroxyl groups is 1. The highest BCUT2D eigenvalue weighted by molar-refractivity contribution is 7.31. The van der Waals surface area contributed by atoms with Crippen molar-refractivity contribution in [3.05, 3.63) is 71.3 Å². The molecule has 4 nitrogen and oxygen atoms in total. The van der Waals surface area contributed by atoms with Crippen molar-refractivity contribution in [3.8, 4) is 0 Å². The van der Waals surface area contributed by atoms with E-state index in [2.05, 4.69) is 18.8 Å². The minimum Gasteiger partial charge on any atom is -0.458 e. The monoisotopic (exact) mass is 399 g/mol. The molecule has 0 saturated heterocycles. The van der Waals surface area contributed by atoms with E-state index in [-0.39, 0.29) is 0 Å². The zero-order valence-electron chi connectivity index (χ0n) is 14.4. The molecular formula is C18H21F2NO3P2. The van der Waals surface area contributed by atoms with Crippen LogP contribution in [0.4, 0.5) is 8.78 Å². The van der Waals surface area contributed by atoms with Gasteiger partial charge >= 0.3 is 5.97 Å². The minimum atomic E-state index is -1.77. The third kappa shape index (κ3) is 4.44. The Morgan fingerprint density at radius 1 is 1.00 bits per heavy atom. The van der Waals surface area contributed by atoms with Crippen LogP contribution in [0.5, 0.6) is 0 Å². The number of nitrogens with zero attached hydrogens (tertiary/aromatic N) is 1. The molecule has 2 aromatic carbocycles. The summed E-state index contributed by atoms with van der Waals surface area (Å²) in [5.74, 6) is -1.48. The first kappa shape index (κ1) is 20.9. The van der Waals surface area contributed by atoms with Crippen molar-refractivity contribution in [2.24, 2.45) is 0 Å². The third-order valence-corrected chi connectivity index (χ3v) is 5.13. The number of carbonyl (C=O) groups is 1. The summed E-state index contributed by atoms with van der Waals surface area (Å²) in [7, 11) is 4.68. The van der Waals surface area contributed by atoms with Gasteiger partial charge in [-0.05, 0) is 49.2 Å². The van der Waals surface area contributed by atoms with Gasteiger partial charge in [-0.3, -0.25) is 9.24 Å². The fourth-order valence-electron chi connectivity index (χ4n) is 2.52. The van der Waals surface area contributed by atoms with Gasteiger partial charge in [-0.25, -0.2) is 8.78 Å².